The van der Waals surface area contributed by atoms with Crippen LogP contribution in [0.2, 0.25) is 0 Å². The standard InChI is InChI=1S/C14H18N2O2/c1-8-4-11(14(17)18)7-13(15-8)16-12-6-9-2-3-10(12)5-9/h4,7,9-10,12H,2-3,5-6H2,1H3,(H,15,16)(H,17,18). The van der Waals surface area contributed by atoms with Gasteiger partial charge in [-0.1, -0.05) is 6.42 Å². The molecule has 0 saturated heterocycles. The highest BCUT2D eigenvalue weighted by Gasteiger charge is 2.39. The van der Waals surface area contributed by atoms with Crippen molar-refractivity contribution in [2.75, 3.05) is 5.32 Å². The summed E-state index contributed by atoms with van der Waals surface area (Å²) < 4.78 is 0. The molecule has 18 heavy (non-hydrogen) atoms. The molecule has 3 atom stereocenters. The molecule has 1 aromatic heterocycles. The maximum atomic E-state index is 11.0. The molecular weight excluding hydrogens is 228 g/mol. The first-order valence-electron chi connectivity index (χ1n) is 6.60. The fourth-order valence-electron chi connectivity index (χ4n) is 3.48. The number of fused-ring (bicyclic) bond motifs is 2. The van der Waals surface area contributed by atoms with Gasteiger partial charge in [0.15, 0.2) is 0 Å². The van der Waals surface area contributed by atoms with Gasteiger partial charge in [-0.2, -0.15) is 0 Å². The van der Waals surface area contributed by atoms with Crippen molar-refractivity contribution in [1.82, 2.24) is 4.98 Å². The van der Waals surface area contributed by atoms with Crippen LogP contribution in [0.15, 0.2) is 12.1 Å². The van der Waals surface area contributed by atoms with Crippen molar-refractivity contribution in [1.29, 1.82) is 0 Å². The Morgan fingerprint density at radius 2 is 2.22 bits per heavy atom. The Kier molecular flexibility index (Phi) is 2.73. The number of pyridine rings is 1. The molecular formula is C14H18N2O2. The molecule has 1 heterocycles. The van der Waals surface area contributed by atoms with Crippen molar-refractivity contribution in [3.63, 3.8) is 0 Å². The van der Waals surface area contributed by atoms with Crippen molar-refractivity contribution in [2.45, 2.75) is 38.6 Å². The lowest BCUT2D eigenvalue weighted by atomic mass is 9.95. The topological polar surface area (TPSA) is 62.2 Å². The van der Waals surface area contributed by atoms with Gasteiger partial charge in [0, 0.05) is 11.7 Å². The van der Waals surface area contributed by atoms with Gasteiger partial charge in [0.2, 0.25) is 0 Å². The Balaban J connectivity index is 1.78. The van der Waals surface area contributed by atoms with Gasteiger partial charge in [-0.3, -0.25) is 0 Å². The van der Waals surface area contributed by atoms with Crippen LogP contribution in [0.1, 0.15) is 41.7 Å². The van der Waals surface area contributed by atoms with Crippen LogP contribution >= 0.6 is 0 Å². The minimum absolute atomic E-state index is 0.313. The summed E-state index contributed by atoms with van der Waals surface area (Å²) in [7, 11) is 0. The number of carboxylic acids is 1. The summed E-state index contributed by atoms with van der Waals surface area (Å²) in [5.74, 6) is 1.45. The van der Waals surface area contributed by atoms with E-state index in [-0.39, 0.29) is 0 Å². The van der Waals surface area contributed by atoms with Gasteiger partial charge in [0.05, 0.1) is 5.56 Å². The molecule has 96 valence electrons. The molecule has 3 rings (SSSR count). The first kappa shape index (κ1) is 11.5. The van der Waals surface area contributed by atoms with E-state index in [0.29, 0.717) is 17.4 Å². The van der Waals surface area contributed by atoms with Gasteiger partial charge in [-0.05, 0) is 50.2 Å². The highest BCUT2D eigenvalue weighted by atomic mass is 16.4. The third-order valence-corrected chi connectivity index (χ3v) is 4.27. The summed E-state index contributed by atoms with van der Waals surface area (Å²) in [4.78, 5) is 15.4. The molecule has 3 unspecified atom stereocenters. The Morgan fingerprint density at radius 1 is 1.39 bits per heavy atom. The second kappa shape index (κ2) is 4.26. The molecule has 2 aliphatic rings. The monoisotopic (exact) mass is 246 g/mol. The van der Waals surface area contributed by atoms with Gasteiger partial charge in [0.1, 0.15) is 5.82 Å². The van der Waals surface area contributed by atoms with E-state index in [0.717, 1.165) is 17.5 Å². The van der Waals surface area contributed by atoms with Crippen LogP contribution in [0, 0.1) is 18.8 Å². The smallest absolute Gasteiger partial charge is 0.335 e. The van der Waals surface area contributed by atoms with E-state index in [1.807, 2.05) is 6.92 Å². The average Bonchev–Trinajstić information content (AvgIpc) is 2.90. The predicted octanol–water partition coefficient (Wildman–Crippen LogP) is 2.69. The van der Waals surface area contributed by atoms with Crippen LogP contribution in [0.3, 0.4) is 0 Å². The average molecular weight is 246 g/mol. The van der Waals surface area contributed by atoms with Gasteiger partial charge in [-0.25, -0.2) is 9.78 Å². The van der Waals surface area contributed by atoms with Crippen LogP contribution in [-0.2, 0) is 0 Å². The largest absolute Gasteiger partial charge is 0.478 e. The molecule has 2 bridgehead atoms. The molecule has 2 aliphatic carbocycles. The molecule has 0 radical (unpaired) electrons. The van der Waals surface area contributed by atoms with Crippen molar-refractivity contribution in [3.05, 3.63) is 23.4 Å². The van der Waals surface area contributed by atoms with E-state index in [2.05, 4.69) is 10.3 Å². The van der Waals surface area contributed by atoms with Gasteiger partial charge < -0.3 is 10.4 Å². The van der Waals surface area contributed by atoms with Crippen molar-refractivity contribution in [3.8, 4) is 0 Å². The zero-order valence-electron chi connectivity index (χ0n) is 10.5. The Morgan fingerprint density at radius 3 is 2.83 bits per heavy atom. The highest BCUT2D eigenvalue weighted by molar-refractivity contribution is 5.88. The third-order valence-electron chi connectivity index (χ3n) is 4.27. The van der Waals surface area contributed by atoms with Gasteiger partial charge in [0.25, 0.3) is 0 Å². The van der Waals surface area contributed by atoms with Crippen LogP contribution in [0.25, 0.3) is 0 Å². The van der Waals surface area contributed by atoms with E-state index in [4.69, 9.17) is 5.11 Å². The molecule has 4 nitrogen and oxygen atoms in total. The van der Waals surface area contributed by atoms with Crippen LogP contribution in [0.4, 0.5) is 5.82 Å². The number of aryl methyl sites for hydroxylation is 1. The number of rotatable bonds is 3. The fraction of sp³-hybridized carbons (Fsp3) is 0.571. The second-order valence-corrected chi connectivity index (χ2v) is 5.61. The fourth-order valence-corrected chi connectivity index (χ4v) is 3.48. The number of aromatic nitrogens is 1. The number of aromatic carboxylic acids is 1. The number of hydrogen-bond acceptors (Lipinski definition) is 3. The molecule has 0 amide bonds. The second-order valence-electron chi connectivity index (χ2n) is 5.61. The normalized spacial score (nSPS) is 29.5. The lowest BCUT2D eigenvalue weighted by Crippen LogP contribution is -2.26. The zero-order valence-corrected chi connectivity index (χ0v) is 10.5. The lowest BCUT2D eigenvalue weighted by molar-refractivity contribution is 0.0696. The number of carbonyl (C=O) groups is 1. The highest BCUT2D eigenvalue weighted by Crippen LogP contribution is 2.45. The molecule has 0 aliphatic heterocycles. The summed E-state index contributed by atoms with van der Waals surface area (Å²) in [6.07, 6.45) is 5.21. The third kappa shape index (κ3) is 2.07. The minimum atomic E-state index is -0.892. The molecule has 1 aromatic rings. The predicted molar refractivity (Wildman–Crippen MR) is 68.8 cm³/mol. The Hall–Kier alpha value is -1.58. The zero-order chi connectivity index (χ0) is 12.7. The molecule has 0 spiro atoms. The maximum Gasteiger partial charge on any atom is 0.335 e. The van der Waals surface area contributed by atoms with Crippen LogP contribution < -0.4 is 5.32 Å². The van der Waals surface area contributed by atoms with E-state index < -0.39 is 5.97 Å². The van der Waals surface area contributed by atoms with E-state index >= 15 is 0 Å². The quantitative estimate of drug-likeness (QED) is 0.860. The number of nitrogens with one attached hydrogen (secondary N) is 1. The summed E-state index contributed by atoms with van der Waals surface area (Å²) in [6, 6.07) is 3.73. The van der Waals surface area contributed by atoms with Crippen molar-refractivity contribution in [2.24, 2.45) is 11.8 Å². The number of nitrogens with zero attached hydrogens (tertiary/aromatic N) is 1. The molecule has 2 fully saturated rings. The SMILES string of the molecule is Cc1cc(C(=O)O)cc(NC2CC3CCC2C3)n1. The summed E-state index contributed by atoms with van der Waals surface area (Å²) in [5, 5.41) is 12.5. The Bertz CT molecular complexity index is 487. The Labute approximate surface area is 106 Å². The van der Waals surface area contributed by atoms with Crippen molar-refractivity contribution < 1.29 is 9.90 Å². The van der Waals surface area contributed by atoms with E-state index in [1.54, 1.807) is 12.1 Å². The maximum absolute atomic E-state index is 11.0. The van der Waals surface area contributed by atoms with E-state index in [1.165, 1.54) is 25.7 Å². The van der Waals surface area contributed by atoms with Crippen LogP contribution in [-0.4, -0.2) is 22.1 Å². The molecule has 0 aromatic carbocycles. The summed E-state index contributed by atoms with van der Waals surface area (Å²) in [5.41, 5.74) is 1.06. The summed E-state index contributed by atoms with van der Waals surface area (Å²) in [6.45, 7) is 1.83. The van der Waals surface area contributed by atoms with E-state index in [9.17, 15) is 4.79 Å². The van der Waals surface area contributed by atoms with Gasteiger partial charge >= 0.3 is 5.97 Å². The van der Waals surface area contributed by atoms with Crippen molar-refractivity contribution >= 4 is 11.8 Å². The minimum Gasteiger partial charge on any atom is -0.478 e. The summed E-state index contributed by atoms with van der Waals surface area (Å²) >= 11 is 0. The van der Waals surface area contributed by atoms with Gasteiger partial charge in [-0.15, -0.1) is 0 Å². The molecule has 4 heteroatoms. The lowest BCUT2D eigenvalue weighted by Gasteiger charge is -2.23. The molecule has 2 N–H and O–H groups in total. The number of anilines is 1. The van der Waals surface area contributed by atoms with Crippen LogP contribution in [0.5, 0.6) is 0 Å². The first-order valence-corrected chi connectivity index (χ1v) is 6.60. The first-order chi connectivity index (χ1) is 8.61. The number of carboxylic acid groups (broad SMARTS) is 1. The number of hydrogen-bond donors (Lipinski definition) is 2. The molecule has 2 saturated carbocycles.